The fourth-order valence-electron chi connectivity index (χ4n) is 3.47. The van der Waals surface area contributed by atoms with Crippen LogP contribution < -0.4 is 14.8 Å². The monoisotopic (exact) mass is 496 g/mol. The van der Waals surface area contributed by atoms with E-state index in [0.717, 1.165) is 5.56 Å². The van der Waals surface area contributed by atoms with Crippen LogP contribution in [0, 0.1) is 6.92 Å². The van der Waals surface area contributed by atoms with Crippen LogP contribution in [0.5, 0.6) is 5.75 Å². The first-order chi connectivity index (χ1) is 16.7. The van der Waals surface area contributed by atoms with Crippen LogP contribution in [0.1, 0.15) is 40.9 Å². The lowest BCUT2D eigenvalue weighted by atomic mass is 10.0. The molecule has 3 aromatic rings. The smallest absolute Gasteiger partial charge is 0.308 e. The summed E-state index contributed by atoms with van der Waals surface area (Å²) < 4.78 is 38.6. The van der Waals surface area contributed by atoms with E-state index in [2.05, 4.69) is 10.0 Å². The van der Waals surface area contributed by atoms with Crippen LogP contribution in [0.2, 0.25) is 0 Å². The van der Waals surface area contributed by atoms with Crippen LogP contribution in [0.25, 0.3) is 0 Å². The molecule has 0 bridgehead atoms. The highest BCUT2D eigenvalue weighted by atomic mass is 32.2. The molecule has 1 atom stereocenters. The second kappa shape index (κ2) is 11.5. The molecule has 0 aromatic heterocycles. The van der Waals surface area contributed by atoms with Crippen molar-refractivity contribution in [1.29, 1.82) is 0 Å². The van der Waals surface area contributed by atoms with E-state index in [9.17, 15) is 18.0 Å². The Hall–Kier alpha value is -3.85. The number of hydrogen-bond donors (Lipinski definition) is 2. The number of hydrogen-bond acceptors (Lipinski definition) is 6. The summed E-state index contributed by atoms with van der Waals surface area (Å²) in [6.07, 6.45) is -0.0976. The van der Waals surface area contributed by atoms with E-state index in [4.69, 9.17) is 9.47 Å². The fourth-order valence-corrected chi connectivity index (χ4v) is 4.56. The van der Waals surface area contributed by atoms with Crippen LogP contribution >= 0.6 is 0 Å². The summed E-state index contributed by atoms with van der Waals surface area (Å²) in [5.74, 6) is -0.435. The number of sulfonamides is 1. The van der Waals surface area contributed by atoms with E-state index in [-0.39, 0.29) is 23.5 Å². The fraction of sp³-hybridized carbons (Fsp3) is 0.231. The Kier molecular flexibility index (Phi) is 8.48. The highest BCUT2D eigenvalue weighted by Crippen LogP contribution is 2.24. The van der Waals surface area contributed by atoms with Crippen LogP contribution in [0.3, 0.4) is 0 Å². The Morgan fingerprint density at radius 1 is 0.971 bits per heavy atom. The molecule has 1 amide bonds. The predicted molar refractivity (Wildman–Crippen MR) is 133 cm³/mol. The number of nitrogens with one attached hydrogen (secondary N) is 2. The van der Waals surface area contributed by atoms with Crippen molar-refractivity contribution in [2.24, 2.45) is 0 Å². The SMILES string of the molecule is CCOC(=O)CC(NC(=O)c1cccc(S(=O)(=O)Nc2cccc(C)c2)c1)c1cccc(OC)c1. The van der Waals surface area contributed by atoms with Crippen LogP contribution in [0.15, 0.2) is 77.7 Å². The van der Waals surface area contributed by atoms with Gasteiger partial charge in [0.2, 0.25) is 0 Å². The maximum atomic E-state index is 13.1. The number of carbonyl (C=O) groups excluding carboxylic acids is 2. The minimum absolute atomic E-state index is 0.0602. The number of rotatable bonds is 10. The molecule has 0 spiro atoms. The zero-order valence-corrected chi connectivity index (χ0v) is 20.6. The van der Waals surface area contributed by atoms with Crippen LogP contribution in [-0.2, 0) is 19.6 Å². The van der Waals surface area contributed by atoms with Gasteiger partial charge in [0.05, 0.1) is 31.1 Å². The molecule has 0 fully saturated rings. The van der Waals surface area contributed by atoms with E-state index >= 15 is 0 Å². The van der Waals surface area contributed by atoms with Gasteiger partial charge in [0.25, 0.3) is 15.9 Å². The number of methoxy groups -OCH3 is 1. The van der Waals surface area contributed by atoms with Gasteiger partial charge in [0, 0.05) is 11.3 Å². The minimum atomic E-state index is -3.92. The second-order valence-corrected chi connectivity index (χ2v) is 9.50. The summed E-state index contributed by atoms with van der Waals surface area (Å²) >= 11 is 0. The number of benzene rings is 3. The van der Waals surface area contributed by atoms with Crippen LogP contribution in [-0.4, -0.2) is 34.0 Å². The molecule has 184 valence electrons. The van der Waals surface area contributed by atoms with E-state index in [1.807, 2.05) is 13.0 Å². The Morgan fingerprint density at radius 3 is 2.43 bits per heavy atom. The number of amides is 1. The maximum Gasteiger partial charge on any atom is 0.308 e. The summed E-state index contributed by atoms with van der Waals surface area (Å²) in [7, 11) is -2.40. The van der Waals surface area contributed by atoms with Crippen molar-refractivity contribution < 1.29 is 27.5 Å². The molecule has 3 rings (SSSR count). The van der Waals surface area contributed by atoms with Crippen molar-refractivity contribution >= 4 is 27.6 Å². The molecule has 35 heavy (non-hydrogen) atoms. The Morgan fingerprint density at radius 2 is 1.71 bits per heavy atom. The van der Waals surface area contributed by atoms with Crippen molar-refractivity contribution in [2.75, 3.05) is 18.4 Å². The number of carbonyl (C=O) groups is 2. The van der Waals surface area contributed by atoms with Crippen molar-refractivity contribution in [3.8, 4) is 5.75 Å². The number of ether oxygens (including phenoxy) is 2. The highest BCUT2D eigenvalue weighted by molar-refractivity contribution is 7.92. The molecule has 8 nitrogen and oxygen atoms in total. The summed E-state index contributed by atoms with van der Waals surface area (Å²) in [5, 5.41) is 2.82. The first-order valence-corrected chi connectivity index (χ1v) is 12.5. The van der Waals surface area contributed by atoms with Gasteiger partial charge in [-0.2, -0.15) is 0 Å². The lowest BCUT2D eigenvalue weighted by Crippen LogP contribution is -2.31. The van der Waals surface area contributed by atoms with E-state index in [0.29, 0.717) is 17.0 Å². The van der Waals surface area contributed by atoms with Gasteiger partial charge in [-0.1, -0.05) is 30.3 Å². The Labute approximate surface area is 205 Å². The zero-order chi connectivity index (χ0) is 25.4. The van der Waals surface area contributed by atoms with Crippen LogP contribution in [0.4, 0.5) is 5.69 Å². The first-order valence-electron chi connectivity index (χ1n) is 11.0. The lowest BCUT2D eigenvalue weighted by Gasteiger charge is -2.19. The van der Waals surface area contributed by atoms with Crippen molar-refractivity contribution in [3.05, 3.63) is 89.5 Å². The van der Waals surface area contributed by atoms with Gasteiger partial charge in [0.15, 0.2) is 0 Å². The third-order valence-corrected chi connectivity index (χ3v) is 6.53. The molecule has 0 saturated carbocycles. The molecule has 0 aliphatic rings. The van der Waals surface area contributed by atoms with Crippen molar-refractivity contribution in [1.82, 2.24) is 5.32 Å². The van der Waals surface area contributed by atoms with E-state index < -0.39 is 27.9 Å². The van der Waals surface area contributed by atoms with Gasteiger partial charge in [0.1, 0.15) is 5.75 Å². The van der Waals surface area contributed by atoms with Gasteiger partial charge >= 0.3 is 5.97 Å². The standard InChI is InChI=1S/C26H28N2O6S/c1-4-34-25(29)17-24(19-9-6-12-22(15-19)33-3)27-26(30)20-10-7-13-23(16-20)35(31,32)28-21-11-5-8-18(2)14-21/h5-16,24,28H,4,17H2,1-3H3,(H,27,30). The molecule has 0 aliphatic carbocycles. The average Bonchev–Trinajstić information content (AvgIpc) is 2.83. The molecule has 0 radical (unpaired) electrons. The molecule has 9 heteroatoms. The summed E-state index contributed by atoms with van der Waals surface area (Å²) in [4.78, 5) is 25.2. The topological polar surface area (TPSA) is 111 Å². The zero-order valence-electron chi connectivity index (χ0n) is 19.8. The number of anilines is 1. The highest BCUT2D eigenvalue weighted by Gasteiger charge is 2.22. The van der Waals surface area contributed by atoms with Gasteiger partial charge in [-0.15, -0.1) is 0 Å². The quantitative estimate of drug-likeness (QED) is 0.407. The van der Waals surface area contributed by atoms with Gasteiger partial charge < -0.3 is 14.8 Å². The Bertz CT molecular complexity index is 1310. The molecular weight excluding hydrogens is 468 g/mol. The van der Waals surface area contributed by atoms with E-state index in [1.165, 1.54) is 31.4 Å². The Balaban J connectivity index is 1.84. The van der Waals surface area contributed by atoms with E-state index in [1.54, 1.807) is 49.4 Å². The molecule has 1 unspecified atom stereocenters. The third-order valence-electron chi connectivity index (χ3n) is 5.15. The summed E-state index contributed by atoms with van der Waals surface area (Å²) in [6.45, 7) is 3.77. The van der Waals surface area contributed by atoms with Gasteiger partial charge in [-0.25, -0.2) is 8.42 Å². The third kappa shape index (κ3) is 7.07. The predicted octanol–water partition coefficient (Wildman–Crippen LogP) is 4.23. The molecule has 0 saturated heterocycles. The maximum absolute atomic E-state index is 13.1. The first kappa shape index (κ1) is 25.8. The largest absolute Gasteiger partial charge is 0.497 e. The summed E-state index contributed by atoms with van der Waals surface area (Å²) in [6, 6.07) is 18.9. The molecular formula is C26H28N2O6S. The molecule has 2 N–H and O–H groups in total. The molecule has 0 heterocycles. The second-order valence-electron chi connectivity index (χ2n) is 7.81. The number of aryl methyl sites for hydroxylation is 1. The molecule has 0 aliphatic heterocycles. The molecule has 3 aromatic carbocycles. The lowest BCUT2D eigenvalue weighted by molar-refractivity contribution is -0.143. The van der Waals surface area contributed by atoms with Gasteiger partial charge in [-0.05, 0) is 67.4 Å². The normalized spacial score (nSPS) is 11.9. The van der Waals surface area contributed by atoms with Crippen molar-refractivity contribution in [2.45, 2.75) is 31.2 Å². The minimum Gasteiger partial charge on any atom is -0.497 e. The van der Waals surface area contributed by atoms with Crippen molar-refractivity contribution in [3.63, 3.8) is 0 Å². The van der Waals surface area contributed by atoms with Gasteiger partial charge in [-0.3, -0.25) is 14.3 Å². The average molecular weight is 497 g/mol. The summed E-state index contributed by atoms with van der Waals surface area (Å²) in [5.41, 5.74) is 2.11. The number of esters is 1.